The summed E-state index contributed by atoms with van der Waals surface area (Å²) in [6.45, 7) is 2.07. The smallest absolute Gasteiger partial charge is 0.113 e. The third-order valence-corrected chi connectivity index (χ3v) is 5.61. The van der Waals surface area contributed by atoms with E-state index in [-0.39, 0.29) is 0 Å². The minimum Gasteiger partial charge on any atom is -0.383 e. The topological polar surface area (TPSA) is 20.2 Å². The fourth-order valence-corrected chi connectivity index (χ4v) is 4.61. The molecule has 1 aliphatic rings. The molecular formula is C15H16OS2. The fraction of sp³-hybridized carbons (Fsp3) is 0.333. The normalized spacial score (nSPS) is 16.3. The van der Waals surface area contributed by atoms with Crippen LogP contribution in [0.5, 0.6) is 0 Å². The van der Waals surface area contributed by atoms with Crippen LogP contribution < -0.4 is 0 Å². The first-order valence-corrected chi connectivity index (χ1v) is 8.15. The van der Waals surface area contributed by atoms with Crippen molar-refractivity contribution in [3.8, 4) is 0 Å². The zero-order chi connectivity index (χ0) is 12.5. The molecule has 1 aromatic carbocycles. The first-order chi connectivity index (χ1) is 8.74. The van der Waals surface area contributed by atoms with Crippen LogP contribution in [-0.2, 0) is 12.2 Å². The van der Waals surface area contributed by atoms with Crippen molar-refractivity contribution in [3.05, 3.63) is 56.8 Å². The van der Waals surface area contributed by atoms with Crippen molar-refractivity contribution < 1.29 is 5.11 Å². The maximum absolute atomic E-state index is 10.4. The van der Waals surface area contributed by atoms with Gasteiger partial charge in [0.2, 0.25) is 0 Å². The minimum absolute atomic E-state index is 0.466. The molecule has 1 aromatic heterocycles. The number of rotatable bonds is 2. The Morgan fingerprint density at radius 1 is 1.22 bits per heavy atom. The Bertz CT molecular complexity index is 519. The average Bonchev–Trinajstić information content (AvgIpc) is 2.82. The molecule has 1 atom stereocenters. The van der Waals surface area contributed by atoms with Crippen LogP contribution in [0.25, 0.3) is 0 Å². The number of aliphatic hydroxyl groups excluding tert-OH is 1. The molecule has 1 nitrogen and oxygen atoms in total. The Hall–Kier alpha value is -0.770. The van der Waals surface area contributed by atoms with Crippen LogP contribution >= 0.6 is 23.1 Å². The lowest BCUT2D eigenvalue weighted by Crippen LogP contribution is -1.97. The number of thioether (sulfide) groups is 1. The zero-order valence-corrected chi connectivity index (χ0v) is 12.0. The van der Waals surface area contributed by atoms with Gasteiger partial charge in [-0.1, -0.05) is 29.8 Å². The number of hydrogen-bond acceptors (Lipinski definition) is 3. The summed E-state index contributed by atoms with van der Waals surface area (Å²) in [6.07, 6.45) is 0.692. The van der Waals surface area contributed by atoms with Crippen molar-refractivity contribution in [1.82, 2.24) is 0 Å². The molecule has 3 rings (SSSR count). The van der Waals surface area contributed by atoms with Crippen molar-refractivity contribution in [2.45, 2.75) is 25.2 Å². The SMILES string of the molecule is Cc1ccc(C(O)c2cc3c(s2)CCSC3)cc1. The number of benzene rings is 1. The Morgan fingerprint density at radius 3 is 2.72 bits per heavy atom. The Kier molecular flexibility index (Phi) is 3.46. The highest BCUT2D eigenvalue weighted by atomic mass is 32.2. The van der Waals surface area contributed by atoms with E-state index in [4.69, 9.17) is 0 Å². The van der Waals surface area contributed by atoms with Crippen molar-refractivity contribution in [3.63, 3.8) is 0 Å². The van der Waals surface area contributed by atoms with Gasteiger partial charge >= 0.3 is 0 Å². The third kappa shape index (κ3) is 2.35. The standard InChI is InChI=1S/C15H16OS2/c1-10-2-4-11(5-3-10)15(16)14-8-12-9-17-7-6-13(12)18-14/h2-5,8,15-16H,6-7,9H2,1H3. The molecule has 2 heterocycles. The second kappa shape index (κ2) is 5.08. The van der Waals surface area contributed by atoms with Crippen LogP contribution in [0, 0.1) is 6.92 Å². The molecule has 1 N–H and O–H groups in total. The highest BCUT2D eigenvalue weighted by Crippen LogP contribution is 2.36. The molecule has 1 unspecified atom stereocenters. The van der Waals surface area contributed by atoms with Crippen molar-refractivity contribution in [1.29, 1.82) is 0 Å². The second-order valence-electron chi connectivity index (χ2n) is 4.71. The van der Waals surface area contributed by atoms with Gasteiger partial charge in [-0.2, -0.15) is 11.8 Å². The lowest BCUT2D eigenvalue weighted by Gasteiger charge is -2.08. The number of aliphatic hydroxyl groups is 1. The van der Waals surface area contributed by atoms with E-state index in [0.717, 1.165) is 22.6 Å². The van der Waals surface area contributed by atoms with E-state index >= 15 is 0 Å². The molecule has 2 aromatic rings. The summed E-state index contributed by atoms with van der Waals surface area (Å²) < 4.78 is 0. The van der Waals surface area contributed by atoms with E-state index in [9.17, 15) is 5.11 Å². The molecule has 94 valence electrons. The van der Waals surface area contributed by atoms with E-state index < -0.39 is 6.10 Å². The van der Waals surface area contributed by atoms with Gasteiger partial charge in [-0.15, -0.1) is 11.3 Å². The predicted molar refractivity (Wildman–Crippen MR) is 79.4 cm³/mol. The van der Waals surface area contributed by atoms with Crippen molar-refractivity contribution in [2.75, 3.05) is 5.75 Å². The van der Waals surface area contributed by atoms with Gasteiger partial charge in [0.25, 0.3) is 0 Å². The highest BCUT2D eigenvalue weighted by molar-refractivity contribution is 7.98. The first kappa shape index (κ1) is 12.3. The third-order valence-electron chi connectivity index (χ3n) is 3.31. The molecule has 0 aliphatic carbocycles. The van der Waals surface area contributed by atoms with Crippen LogP contribution in [0.15, 0.2) is 30.3 Å². The largest absolute Gasteiger partial charge is 0.383 e. The lowest BCUT2D eigenvalue weighted by molar-refractivity contribution is 0.224. The van der Waals surface area contributed by atoms with Crippen molar-refractivity contribution in [2.24, 2.45) is 0 Å². The predicted octanol–water partition coefficient (Wildman–Crippen LogP) is 3.93. The van der Waals surface area contributed by atoms with Gasteiger partial charge < -0.3 is 5.11 Å². The Balaban J connectivity index is 1.89. The molecule has 0 fully saturated rings. The van der Waals surface area contributed by atoms with Crippen molar-refractivity contribution >= 4 is 23.1 Å². The van der Waals surface area contributed by atoms with Gasteiger partial charge in [-0.25, -0.2) is 0 Å². The molecular weight excluding hydrogens is 260 g/mol. The molecule has 18 heavy (non-hydrogen) atoms. The summed E-state index contributed by atoms with van der Waals surface area (Å²) in [4.78, 5) is 2.56. The van der Waals surface area contributed by atoms with Gasteiger partial charge in [0.05, 0.1) is 0 Å². The van der Waals surface area contributed by atoms with E-state index in [1.807, 2.05) is 23.9 Å². The molecule has 0 spiro atoms. The minimum atomic E-state index is -0.466. The second-order valence-corrected chi connectivity index (χ2v) is 6.99. The zero-order valence-electron chi connectivity index (χ0n) is 10.3. The van der Waals surface area contributed by atoms with Crippen LogP contribution in [0.4, 0.5) is 0 Å². The summed E-state index contributed by atoms with van der Waals surface area (Å²) in [5.41, 5.74) is 3.65. The maximum atomic E-state index is 10.4. The van der Waals surface area contributed by atoms with E-state index in [1.54, 1.807) is 11.3 Å². The molecule has 0 bridgehead atoms. The Labute approximate surface area is 116 Å². The summed E-state index contributed by atoms with van der Waals surface area (Å²) in [7, 11) is 0. The fourth-order valence-electron chi connectivity index (χ4n) is 2.22. The molecule has 3 heteroatoms. The summed E-state index contributed by atoms with van der Waals surface area (Å²) >= 11 is 3.76. The van der Waals surface area contributed by atoms with E-state index in [0.29, 0.717) is 0 Å². The van der Waals surface area contributed by atoms with E-state index in [1.165, 1.54) is 21.8 Å². The van der Waals surface area contributed by atoms with Gasteiger partial charge in [-0.3, -0.25) is 0 Å². The van der Waals surface area contributed by atoms with Gasteiger partial charge in [0.15, 0.2) is 0 Å². The molecule has 0 saturated carbocycles. The quantitative estimate of drug-likeness (QED) is 0.897. The summed E-state index contributed by atoms with van der Waals surface area (Å²) in [5, 5.41) is 10.4. The van der Waals surface area contributed by atoms with E-state index in [2.05, 4.69) is 25.1 Å². The monoisotopic (exact) mass is 276 g/mol. The van der Waals surface area contributed by atoms with Crippen LogP contribution in [0.1, 0.15) is 32.5 Å². The van der Waals surface area contributed by atoms with Gasteiger partial charge in [0.1, 0.15) is 6.10 Å². The molecule has 1 aliphatic heterocycles. The van der Waals surface area contributed by atoms with Gasteiger partial charge in [0, 0.05) is 15.5 Å². The molecule has 0 radical (unpaired) electrons. The lowest BCUT2D eigenvalue weighted by atomic mass is 10.1. The number of thiophene rings is 1. The number of hydrogen-bond donors (Lipinski definition) is 1. The van der Waals surface area contributed by atoms with Crippen LogP contribution in [-0.4, -0.2) is 10.9 Å². The number of aryl methyl sites for hydroxylation is 2. The molecule has 0 saturated heterocycles. The summed E-state index contributed by atoms with van der Waals surface area (Å²) in [5.74, 6) is 2.32. The summed E-state index contributed by atoms with van der Waals surface area (Å²) in [6, 6.07) is 10.3. The maximum Gasteiger partial charge on any atom is 0.113 e. The van der Waals surface area contributed by atoms with Crippen LogP contribution in [0.2, 0.25) is 0 Å². The van der Waals surface area contributed by atoms with Gasteiger partial charge in [-0.05, 0) is 36.3 Å². The van der Waals surface area contributed by atoms with Crippen LogP contribution in [0.3, 0.4) is 0 Å². The Morgan fingerprint density at radius 2 is 2.00 bits per heavy atom. The highest BCUT2D eigenvalue weighted by Gasteiger charge is 2.18. The first-order valence-electron chi connectivity index (χ1n) is 6.18. The molecule has 0 amide bonds. The number of fused-ring (bicyclic) bond motifs is 1. The average molecular weight is 276 g/mol.